The van der Waals surface area contributed by atoms with Crippen LogP contribution in [0.15, 0.2) is 0 Å². The van der Waals surface area contributed by atoms with Gasteiger partial charge in [0.1, 0.15) is 0 Å². The highest BCUT2D eigenvalue weighted by molar-refractivity contribution is 4.85. The molecule has 0 amide bonds. The second kappa shape index (κ2) is 6.69. The standard InChI is InChI=1S/C13H26N2O2/c1-3-14-13(11-5-7-17-10-11)9-15-6-4-12(8-15)16-2/h11-14H,3-10H2,1-2H3. The monoisotopic (exact) mass is 242 g/mol. The van der Waals surface area contributed by atoms with Gasteiger partial charge in [0, 0.05) is 45.3 Å². The van der Waals surface area contributed by atoms with E-state index in [-0.39, 0.29) is 0 Å². The molecule has 4 nitrogen and oxygen atoms in total. The van der Waals surface area contributed by atoms with Crippen LogP contribution in [-0.2, 0) is 9.47 Å². The lowest BCUT2D eigenvalue weighted by atomic mass is 9.98. The summed E-state index contributed by atoms with van der Waals surface area (Å²) in [4.78, 5) is 2.53. The zero-order valence-electron chi connectivity index (χ0n) is 11.2. The van der Waals surface area contributed by atoms with E-state index in [4.69, 9.17) is 9.47 Å². The van der Waals surface area contributed by atoms with Crippen LogP contribution < -0.4 is 5.32 Å². The number of nitrogens with one attached hydrogen (secondary N) is 1. The van der Waals surface area contributed by atoms with E-state index in [9.17, 15) is 0 Å². The SMILES string of the molecule is CCNC(CN1CCC(OC)C1)C1CCOC1. The first-order valence-electron chi connectivity index (χ1n) is 6.89. The molecule has 2 fully saturated rings. The number of methoxy groups -OCH3 is 1. The number of hydrogen-bond acceptors (Lipinski definition) is 4. The summed E-state index contributed by atoms with van der Waals surface area (Å²) < 4.78 is 10.9. The Morgan fingerprint density at radius 1 is 1.47 bits per heavy atom. The van der Waals surface area contributed by atoms with E-state index in [0.717, 1.165) is 32.8 Å². The second-order valence-corrected chi connectivity index (χ2v) is 5.19. The Bertz CT molecular complexity index is 219. The molecule has 0 bridgehead atoms. The molecule has 2 rings (SSSR count). The predicted molar refractivity (Wildman–Crippen MR) is 68.2 cm³/mol. The van der Waals surface area contributed by atoms with Gasteiger partial charge in [-0.3, -0.25) is 4.90 Å². The minimum Gasteiger partial charge on any atom is -0.381 e. The molecule has 0 spiro atoms. The van der Waals surface area contributed by atoms with Crippen LogP contribution >= 0.6 is 0 Å². The van der Waals surface area contributed by atoms with Gasteiger partial charge in [0.15, 0.2) is 0 Å². The molecule has 2 aliphatic heterocycles. The van der Waals surface area contributed by atoms with E-state index in [1.165, 1.54) is 19.4 Å². The van der Waals surface area contributed by atoms with Crippen molar-refractivity contribution < 1.29 is 9.47 Å². The second-order valence-electron chi connectivity index (χ2n) is 5.19. The molecule has 2 heterocycles. The molecule has 1 N–H and O–H groups in total. The molecule has 0 radical (unpaired) electrons. The van der Waals surface area contributed by atoms with Crippen LogP contribution in [0.4, 0.5) is 0 Å². The lowest BCUT2D eigenvalue weighted by Gasteiger charge is -2.28. The third-order valence-corrected chi connectivity index (χ3v) is 4.02. The number of nitrogens with zero attached hydrogens (tertiary/aromatic N) is 1. The van der Waals surface area contributed by atoms with Gasteiger partial charge in [-0.1, -0.05) is 6.92 Å². The average Bonchev–Trinajstić information content (AvgIpc) is 2.99. The van der Waals surface area contributed by atoms with Gasteiger partial charge in [-0.05, 0) is 19.4 Å². The summed E-state index contributed by atoms with van der Waals surface area (Å²) in [5.74, 6) is 0.691. The first kappa shape index (κ1) is 13.3. The van der Waals surface area contributed by atoms with Crippen LogP contribution in [0.5, 0.6) is 0 Å². The van der Waals surface area contributed by atoms with Crippen molar-refractivity contribution >= 4 is 0 Å². The van der Waals surface area contributed by atoms with Crippen LogP contribution in [0.3, 0.4) is 0 Å². The molecule has 0 aliphatic carbocycles. The molecule has 0 aromatic heterocycles. The highest BCUT2D eigenvalue weighted by Crippen LogP contribution is 2.20. The van der Waals surface area contributed by atoms with Crippen LogP contribution in [-0.4, -0.2) is 63.5 Å². The normalized spacial score (nSPS) is 32.1. The third kappa shape index (κ3) is 3.65. The summed E-state index contributed by atoms with van der Waals surface area (Å²) in [5, 5.41) is 3.62. The van der Waals surface area contributed by atoms with Gasteiger partial charge < -0.3 is 14.8 Å². The van der Waals surface area contributed by atoms with Crippen molar-refractivity contribution in [2.45, 2.75) is 31.9 Å². The minimum absolute atomic E-state index is 0.442. The summed E-state index contributed by atoms with van der Waals surface area (Å²) >= 11 is 0. The van der Waals surface area contributed by atoms with E-state index in [1.54, 1.807) is 0 Å². The van der Waals surface area contributed by atoms with E-state index < -0.39 is 0 Å². The summed E-state index contributed by atoms with van der Waals surface area (Å²) in [6, 6.07) is 0.582. The van der Waals surface area contributed by atoms with Crippen molar-refractivity contribution in [2.24, 2.45) is 5.92 Å². The Labute approximate surface area is 105 Å². The molecule has 17 heavy (non-hydrogen) atoms. The van der Waals surface area contributed by atoms with E-state index in [1.807, 2.05) is 7.11 Å². The number of hydrogen-bond donors (Lipinski definition) is 1. The first-order chi connectivity index (χ1) is 8.33. The summed E-state index contributed by atoms with van der Waals surface area (Å²) in [5.41, 5.74) is 0. The molecular formula is C13H26N2O2. The maximum Gasteiger partial charge on any atom is 0.0710 e. The Morgan fingerprint density at radius 3 is 2.94 bits per heavy atom. The van der Waals surface area contributed by atoms with Crippen molar-refractivity contribution in [1.82, 2.24) is 10.2 Å². The topological polar surface area (TPSA) is 33.7 Å². The van der Waals surface area contributed by atoms with Crippen LogP contribution in [0, 0.1) is 5.92 Å². The number of ether oxygens (including phenoxy) is 2. The highest BCUT2D eigenvalue weighted by Gasteiger charge is 2.29. The number of rotatable bonds is 6. The van der Waals surface area contributed by atoms with Gasteiger partial charge in [-0.25, -0.2) is 0 Å². The van der Waals surface area contributed by atoms with E-state index in [2.05, 4.69) is 17.1 Å². The Kier molecular flexibility index (Phi) is 5.22. The summed E-state index contributed by atoms with van der Waals surface area (Å²) in [7, 11) is 1.82. The Morgan fingerprint density at radius 2 is 2.35 bits per heavy atom. The third-order valence-electron chi connectivity index (χ3n) is 4.02. The number of likely N-dealkylation sites (tertiary alicyclic amines) is 1. The van der Waals surface area contributed by atoms with Crippen molar-refractivity contribution in [1.29, 1.82) is 0 Å². The molecular weight excluding hydrogens is 216 g/mol. The van der Waals surface area contributed by atoms with Gasteiger partial charge in [0.2, 0.25) is 0 Å². The predicted octanol–water partition coefficient (Wildman–Crippen LogP) is 0.722. The first-order valence-corrected chi connectivity index (χ1v) is 6.89. The fourth-order valence-electron chi connectivity index (χ4n) is 2.95. The van der Waals surface area contributed by atoms with Crippen molar-refractivity contribution in [3.05, 3.63) is 0 Å². The van der Waals surface area contributed by atoms with Crippen LogP contribution in [0.2, 0.25) is 0 Å². The zero-order chi connectivity index (χ0) is 12.1. The Hall–Kier alpha value is -0.160. The fourth-order valence-corrected chi connectivity index (χ4v) is 2.95. The average molecular weight is 242 g/mol. The molecule has 100 valence electrons. The Balaban J connectivity index is 1.80. The van der Waals surface area contributed by atoms with Gasteiger partial charge >= 0.3 is 0 Å². The molecule has 3 unspecified atom stereocenters. The van der Waals surface area contributed by atoms with Crippen molar-refractivity contribution in [3.8, 4) is 0 Å². The van der Waals surface area contributed by atoms with Crippen molar-refractivity contribution in [3.63, 3.8) is 0 Å². The zero-order valence-corrected chi connectivity index (χ0v) is 11.2. The number of likely N-dealkylation sites (N-methyl/N-ethyl adjacent to an activating group) is 1. The van der Waals surface area contributed by atoms with E-state index >= 15 is 0 Å². The van der Waals surface area contributed by atoms with Crippen LogP contribution in [0.25, 0.3) is 0 Å². The quantitative estimate of drug-likeness (QED) is 0.744. The smallest absolute Gasteiger partial charge is 0.0710 e. The lowest BCUT2D eigenvalue weighted by Crippen LogP contribution is -2.45. The van der Waals surface area contributed by atoms with E-state index in [0.29, 0.717) is 18.1 Å². The van der Waals surface area contributed by atoms with Crippen LogP contribution in [0.1, 0.15) is 19.8 Å². The largest absolute Gasteiger partial charge is 0.381 e. The maximum absolute atomic E-state index is 5.51. The molecule has 2 aliphatic rings. The van der Waals surface area contributed by atoms with Gasteiger partial charge in [0.25, 0.3) is 0 Å². The van der Waals surface area contributed by atoms with Crippen molar-refractivity contribution in [2.75, 3.05) is 46.5 Å². The molecule has 2 saturated heterocycles. The lowest BCUT2D eigenvalue weighted by molar-refractivity contribution is 0.104. The molecule has 0 aromatic rings. The molecule has 0 saturated carbocycles. The fraction of sp³-hybridized carbons (Fsp3) is 1.00. The summed E-state index contributed by atoms with van der Waals surface area (Å²) in [6.45, 7) is 8.50. The molecule has 3 atom stereocenters. The summed E-state index contributed by atoms with van der Waals surface area (Å²) in [6.07, 6.45) is 2.83. The maximum atomic E-state index is 5.51. The van der Waals surface area contributed by atoms with Gasteiger partial charge in [-0.2, -0.15) is 0 Å². The molecule has 0 aromatic carbocycles. The highest BCUT2D eigenvalue weighted by atomic mass is 16.5. The molecule has 4 heteroatoms. The van der Waals surface area contributed by atoms with Gasteiger partial charge in [-0.15, -0.1) is 0 Å². The van der Waals surface area contributed by atoms with Gasteiger partial charge in [0.05, 0.1) is 12.7 Å². The minimum atomic E-state index is 0.442.